The maximum atomic E-state index is 13.3. The molecule has 1 aliphatic carbocycles. The Morgan fingerprint density at radius 3 is 2.55 bits per heavy atom. The number of phenols is 1. The summed E-state index contributed by atoms with van der Waals surface area (Å²) in [6, 6.07) is 9.20. The standard InChI is InChI=1S/C28H27ClN6O3/c1-38-24-12-18(11-22(29)27(24)37)17-4-5-23-20(10-17)25(21(15-31-23)26(36)16-2-3-16)34-19-13-32-28(33-14-19)35-8-6-30-7-9-35/h4-5,10-16,30,37H,2-3,6-9H2,1H3,(H,31,34). The second kappa shape index (κ2) is 10.1. The lowest BCUT2D eigenvalue weighted by atomic mass is 9.98. The highest BCUT2D eigenvalue weighted by Crippen LogP contribution is 2.41. The number of aromatic nitrogens is 3. The smallest absolute Gasteiger partial charge is 0.225 e. The van der Waals surface area contributed by atoms with Crippen LogP contribution in [0.2, 0.25) is 5.02 Å². The molecule has 4 aromatic rings. The Labute approximate surface area is 224 Å². The molecule has 3 N–H and O–H groups in total. The number of Topliss-reactive ketones (excluding diaryl/α,β-unsaturated/α-hetero) is 1. The van der Waals surface area contributed by atoms with Crippen LogP contribution in [0, 0.1) is 5.92 Å². The monoisotopic (exact) mass is 530 g/mol. The van der Waals surface area contributed by atoms with Crippen molar-refractivity contribution in [3.8, 4) is 22.6 Å². The number of piperazine rings is 1. The number of phenolic OH excluding ortho intramolecular Hbond substituents is 1. The molecule has 0 bridgehead atoms. The zero-order valence-corrected chi connectivity index (χ0v) is 21.6. The van der Waals surface area contributed by atoms with Crippen LogP contribution < -0.4 is 20.3 Å². The number of hydrogen-bond acceptors (Lipinski definition) is 9. The number of methoxy groups -OCH3 is 1. The van der Waals surface area contributed by atoms with Crippen molar-refractivity contribution in [2.75, 3.05) is 43.5 Å². The number of ether oxygens (including phenoxy) is 1. The number of fused-ring (bicyclic) bond motifs is 1. The summed E-state index contributed by atoms with van der Waals surface area (Å²) in [7, 11) is 1.48. The normalized spacial score (nSPS) is 15.5. The second-order valence-corrected chi connectivity index (χ2v) is 9.97. The molecule has 1 saturated carbocycles. The summed E-state index contributed by atoms with van der Waals surface area (Å²) in [4.78, 5) is 29.1. The van der Waals surface area contributed by atoms with Crippen molar-refractivity contribution in [3.05, 3.63) is 59.5 Å². The number of carbonyl (C=O) groups is 1. The number of aromatic hydroxyl groups is 1. The molecule has 0 unspecified atom stereocenters. The van der Waals surface area contributed by atoms with E-state index >= 15 is 0 Å². The quantitative estimate of drug-likeness (QED) is 0.290. The van der Waals surface area contributed by atoms with Crippen LogP contribution in [-0.4, -0.2) is 59.1 Å². The number of halogens is 1. The average Bonchev–Trinajstić information content (AvgIpc) is 3.81. The van der Waals surface area contributed by atoms with Gasteiger partial charge in [0.2, 0.25) is 5.95 Å². The van der Waals surface area contributed by atoms with E-state index in [-0.39, 0.29) is 28.2 Å². The zero-order valence-electron chi connectivity index (χ0n) is 20.9. The lowest BCUT2D eigenvalue weighted by Gasteiger charge is -2.27. The fourth-order valence-electron chi connectivity index (χ4n) is 4.71. The summed E-state index contributed by atoms with van der Waals surface area (Å²) in [5.74, 6) is 0.976. The van der Waals surface area contributed by atoms with Gasteiger partial charge in [-0.15, -0.1) is 0 Å². The van der Waals surface area contributed by atoms with Gasteiger partial charge in [-0.2, -0.15) is 0 Å². The van der Waals surface area contributed by atoms with Gasteiger partial charge in [0.1, 0.15) is 0 Å². The van der Waals surface area contributed by atoms with Crippen LogP contribution in [0.15, 0.2) is 48.9 Å². The Kier molecular flexibility index (Phi) is 6.47. The molecule has 2 aliphatic rings. The molecule has 38 heavy (non-hydrogen) atoms. The first-order chi connectivity index (χ1) is 18.5. The molecule has 1 saturated heterocycles. The summed E-state index contributed by atoms with van der Waals surface area (Å²) in [6.45, 7) is 3.52. The maximum Gasteiger partial charge on any atom is 0.225 e. The van der Waals surface area contributed by atoms with E-state index in [4.69, 9.17) is 16.3 Å². The summed E-state index contributed by atoms with van der Waals surface area (Å²) in [5, 5.41) is 17.9. The van der Waals surface area contributed by atoms with Gasteiger partial charge in [-0.05, 0) is 48.2 Å². The lowest BCUT2D eigenvalue weighted by molar-refractivity contribution is 0.0968. The van der Waals surface area contributed by atoms with Crippen molar-refractivity contribution in [1.82, 2.24) is 20.3 Å². The van der Waals surface area contributed by atoms with E-state index in [2.05, 4.69) is 30.5 Å². The molecule has 10 heteroatoms. The number of carbonyl (C=O) groups excluding carboxylic acids is 1. The van der Waals surface area contributed by atoms with Gasteiger partial charge in [0.25, 0.3) is 0 Å². The third-order valence-electron chi connectivity index (χ3n) is 6.97. The van der Waals surface area contributed by atoms with E-state index in [9.17, 15) is 9.90 Å². The summed E-state index contributed by atoms with van der Waals surface area (Å²) in [6.07, 6.45) is 6.93. The molecular formula is C28H27ClN6O3. The fraction of sp³-hybridized carbons (Fsp3) is 0.286. The molecule has 2 aromatic carbocycles. The van der Waals surface area contributed by atoms with E-state index in [1.807, 2.05) is 18.2 Å². The van der Waals surface area contributed by atoms with E-state index < -0.39 is 0 Å². The van der Waals surface area contributed by atoms with Crippen molar-refractivity contribution >= 4 is 45.6 Å². The number of anilines is 3. The minimum atomic E-state index is -0.107. The number of nitrogens with one attached hydrogen (secondary N) is 2. The molecule has 6 rings (SSSR count). The number of hydrogen-bond donors (Lipinski definition) is 3. The van der Waals surface area contributed by atoms with Gasteiger partial charge in [0.15, 0.2) is 17.3 Å². The third-order valence-corrected chi connectivity index (χ3v) is 7.26. The number of rotatable bonds is 7. The highest BCUT2D eigenvalue weighted by atomic mass is 35.5. The van der Waals surface area contributed by atoms with Crippen molar-refractivity contribution in [1.29, 1.82) is 0 Å². The summed E-state index contributed by atoms with van der Waals surface area (Å²) in [5.41, 5.74) is 4.23. The van der Waals surface area contributed by atoms with Crippen molar-refractivity contribution in [2.45, 2.75) is 12.8 Å². The van der Waals surface area contributed by atoms with Crippen LogP contribution in [0.3, 0.4) is 0 Å². The van der Waals surface area contributed by atoms with E-state index in [0.29, 0.717) is 22.9 Å². The van der Waals surface area contributed by atoms with Gasteiger partial charge in [0.05, 0.1) is 47.0 Å². The number of benzene rings is 2. The van der Waals surface area contributed by atoms with Gasteiger partial charge in [-0.1, -0.05) is 17.7 Å². The van der Waals surface area contributed by atoms with Crippen LogP contribution in [0.25, 0.3) is 22.0 Å². The Hall–Kier alpha value is -3.95. The molecular weight excluding hydrogens is 504 g/mol. The maximum absolute atomic E-state index is 13.3. The molecule has 0 radical (unpaired) electrons. The number of pyridine rings is 1. The zero-order chi connectivity index (χ0) is 26.2. The summed E-state index contributed by atoms with van der Waals surface area (Å²) >= 11 is 6.26. The highest BCUT2D eigenvalue weighted by molar-refractivity contribution is 6.32. The Bertz CT molecular complexity index is 1520. The molecule has 2 fully saturated rings. The Balaban J connectivity index is 1.42. The van der Waals surface area contributed by atoms with Gasteiger partial charge >= 0.3 is 0 Å². The largest absolute Gasteiger partial charge is 0.503 e. The first kappa shape index (κ1) is 24.4. The van der Waals surface area contributed by atoms with E-state index in [1.165, 1.54) is 7.11 Å². The van der Waals surface area contributed by atoms with Crippen LogP contribution in [0.5, 0.6) is 11.5 Å². The molecule has 194 valence electrons. The van der Waals surface area contributed by atoms with E-state index in [0.717, 1.165) is 61.1 Å². The number of ketones is 1. The van der Waals surface area contributed by atoms with Crippen molar-refractivity contribution < 1.29 is 14.6 Å². The third kappa shape index (κ3) is 4.70. The molecule has 9 nitrogen and oxygen atoms in total. The first-order valence-electron chi connectivity index (χ1n) is 12.6. The van der Waals surface area contributed by atoms with Crippen molar-refractivity contribution in [3.63, 3.8) is 0 Å². The topological polar surface area (TPSA) is 112 Å². The lowest BCUT2D eigenvalue weighted by Crippen LogP contribution is -2.44. The average molecular weight is 531 g/mol. The Morgan fingerprint density at radius 2 is 1.84 bits per heavy atom. The molecule has 0 amide bonds. The molecule has 2 aromatic heterocycles. The predicted octanol–water partition coefficient (Wildman–Crippen LogP) is 4.81. The minimum absolute atomic E-state index is 0.0319. The van der Waals surface area contributed by atoms with Crippen LogP contribution in [0.1, 0.15) is 23.2 Å². The minimum Gasteiger partial charge on any atom is -0.503 e. The molecule has 1 aliphatic heterocycles. The summed E-state index contributed by atoms with van der Waals surface area (Å²) < 4.78 is 5.29. The van der Waals surface area contributed by atoms with Crippen LogP contribution >= 0.6 is 11.6 Å². The van der Waals surface area contributed by atoms with Gasteiger partial charge < -0.3 is 25.4 Å². The van der Waals surface area contributed by atoms with Crippen molar-refractivity contribution in [2.24, 2.45) is 5.92 Å². The van der Waals surface area contributed by atoms with Gasteiger partial charge in [-0.3, -0.25) is 9.78 Å². The van der Waals surface area contributed by atoms with Gasteiger partial charge in [-0.25, -0.2) is 9.97 Å². The highest BCUT2D eigenvalue weighted by Gasteiger charge is 2.32. The first-order valence-corrected chi connectivity index (χ1v) is 13.0. The fourth-order valence-corrected chi connectivity index (χ4v) is 4.92. The van der Waals surface area contributed by atoms with Crippen LogP contribution in [0.4, 0.5) is 17.3 Å². The Morgan fingerprint density at radius 1 is 1.08 bits per heavy atom. The second-order valence-electron chi connectivity index (χ2n) is 9.56. The number of nitrogens with zero attached hydrogens (tertiary/aromatic N) is 4. The van der Waals surface area contributed by atoms with E-state index in [1.54, 1.807) is 30.7 Å². The molecule has 0 spiro atoms. The predicted molar refractivity (Wildman–Crippen MR) is 148 cm³/mol. The SMILES string of the molecule is COc1cc(-c2ccc3ncc(C(=O)C4CC4)c(Nc4cnc(N5CCNCC5)nc4)c3c2)cc(Cl)c1O. The van der Waals surface area contributed by atoms with Gasteiger partial charge in [0, 0.05) is 43.7 Å². The molecule has 3 heterocycles. The molecule has 0 atom stereocenters. The van der Waals surface area contributed by atoms with Crippen LogP contribution in [-0.2, 0) is 0 Å².